The number of β-amino-alcohol motifs (C(OH)–C–C–N with tert-alkyl or cyclic N) is 1. The van der Waals surface area contributed by atoms with Gasteiger partial charge in [-0.3, -0.25) is 9.80 Å². The van der Waals surface area contributed by atoms with Crippen molar-refractivity contribution in [1.29, 1.82) is 0 Å². The Hall–Kier alpha value is -0.560. The van der Waals surface area contributed by atoms with Gasteiger partial charge in [-0.15, -0.1) is 24.8 Å². The van der Waals surface area contributed by atoms with Crippen LogP contribution in [0.5, 0.6) is 5.75 Å². The average Bonchev–Trinajstić information content (AvgIpc) is 2.59. The van der Waals surface area contributed by atoms with E-state index in [0.29, 0.717) is 5.92 Å². The number of hydrogen-bond acceptors (Lipinski definition) is 5. The van der Waals surface area contributed by atoms with Crippen LogP contribution in [0.25, 0.3) is 0 Å². The number of rotatable bonds is 5. The molecule has 2 atom stereocenters. The molecule has 0 unspecified atom stereocenters. The number of halogens is 2. The molecule has 0 saturated carbocycles. The van der Waals surface area contributed by atoms with Crippen LogP contribution >= 0.6 is 24.8 Å². The Labute approximate surface area is 168 Å². The van der Waals surface area contributed by atoms with Gasteiger partial charge in [-0.1, -0.05) is 12.1 Å². The Bertz CT molecular complexity index is 557. The van der Waals surface area contributed by atoms with Crippen molar-refractivity contribution in [2.75, 3.05) is 45.9 Å². The first-order chi connectivity index (χ1) is 11.8. The number of aliphatic hydroxyl groups is 1. The van der Waals surface area contributed by atoms with E-state index in [2.05, 4.69) is 39.4 Å². The van der Waals surface area contributed by atoms with Gasteiger partial charge in [-0.25, -0.2) is 0 Å². The van der Waals surface area contributed by atoms with Crippen LogP contribution in [0.2, 0.25) is 0 Å². The Morgan fingerprint density at radius 3 is 2.81 bits per heavy atom. The normalized spacial score (nSPS) is 26.8. The standard InChI is InChI=1S/C19H29N3O2.2ClH/c23-18-12-21(13-18)10-15-2-1-3-19(8-15)24-14-16-4-5-17-9-20-6-7-22(17)11-16;;/h1-3,8,16-18,20,23H,4-7,9-14H2;2*1H/t16-,17-;;/m0../s1. The van der Waals surface area contributed by atoms with Gasteiger partial charge in [-0.2, -0.15) is 0 Å². The number of piperidine rings is 1. The fourth-order valence-electron chi connectivity index (χ4n) is 4.19. The predicted octanol–water partition coefficient (Wildman–Crippen LogP) is 1.77. The molecule has 0 radical (unpaired) electrons. The second kappa shape index (κ2) is 10.1. The highest BCUT2D eigenvalue weighted by Crippen LogP contribution is 2.24. The van der Waals surface area contributed by atoms with Crippen molar-refractivity contribution in [3.63, 3.8) is 0 Å². The molecule has 0 aromatic heterocycles. The molecule has 1 aromatic carbocycles. The molecule has 0 bridgehead atoms. The summed E-state index contributed by atoms with van der Waals surface area (Å²) < 4.78 is 6.11. The third-order valence-corrected chi connectivity index (χ3v) is 5.60. The summed E-state index contributed by atoms with van der Waals surface area (Å²) in [6, 6.07) is 9.18. The van der Waals surface area contributed by atoms with Crippen molar-refractivity contribution < 1.29 is 9.84 Å². The molecule has 3 saturated heterocycles. The quantitative estimate of drug-likeness (QED) is 0.784. The topological polar surface area (TPSA) is 48.0 Å². The summed E-state index contributed by atoms with van der Waals surface area (Å²) >= 11 is 0. The molecule has 3 aliphatic rings. The van der Waals surface area contributed by atoms with Crippen LogP contribution in [0.1, 0.15) is 18.4 Å². The molecular formula is C19H31Cl2N3O2. The third-order valence-electron chi connectivity index (χ3n) is 5.60. The number of nitrogens with one attached hydrogen (secondary N) is 1. The van der Waals surface area contributed by atoms with Crippen LogP contribution in [0.3, 0.4) is 0 Å². The minimum absolute atomic E-state index is 0. The van der Waals surface area contributed by atoms with Gasteiger partial charge in [0, 0.05) is 57.8 Å². The zero-order valence-corrected chi connectivity index (χ0v) is 16.8. The minimum atomic E-state index is -0.135. The fraction of sp³-hybridized carbons (Fsp3) is 0.684. The second-order valence-corrected chi connectivity index (χ2v) is 7.60. The van der Waals surface area contributed by atoms with Crippen LogP contribution in [0.15, 0.2) is 24.3 Å². The van der Waals surface area contributed by atoms with E-state index in [1.165, 1.54) is 31.5 Å². The molecule has 148 valence electrons. The van der Waals surface area contributed by atoms with Gasteiger partial charge in [0.25, 0.3) is 0 Å². The van der Waals surface area contributed by atoms with Crippen molar-refractivity contribution in [2.45, 2.75) is 31.5 Å². The molecule has 4 rings (SSSR count). The van der Waals surface area contributed by atoms with E-state index in [4.69, 9.17) is 4.74 Å². The minimum Gasteiger partial charge on any atom is -0.493 e. The van der Waals surface area contributed by atoms with Crippen molar-refractivity contribution >= 4 is 24.8 Å². The lowest BCUT2D eigenvalue weighted by Gasteiger charge is -2.42. The first-order valence-electron chi connectivity index (χ1n) is 9.33. The van der Waals surface area contributed by atoms with Gasteiger partial charge in [0.15, 0.2) is 0 Å². The maximum Gasteiger partial charge on any atom is 0.119 e. The van der Waals surface area contributed by atoms with Gasteiger partial charge in [0.05, 0.1) is 12.7 Å². The highest BCUT2D eigenvalue weighted by molar-refractivity contribution is 5.85. The molecule has 5 nitrogen and oxygen atoms in total. The Morgan fingerprint density at radius 2 is 2.00 bits per heavy atom. The van der Waals surface area contributed by atoms with E-state index in [9.17, 15) is 5.11 Å². The van der Waals surface area contributed by atoms with Crippen LogP contribution in [0.4, 0.5) is 0 Å². The van der Waals surface area contributed by atoms with Gasteiger partial charge in [0.1, 0.15) is 5.75 Å². The van der Waals surface area contributed by atoms with Gasteiger partial charge in [0.2, 0.25) is 0 Å². The molecule has 3 fully saturated rings. The lowest BCUT2D eigenvalue weighted by Crippen LogP contribution is -2.55. The van der Waals surface area contributed by atoms with E-state index in [1.54, 1.807) is 0 Å². The SMILES string of the molecule is Cl.Cl.OC1CN(Cc2cccc(OC[C@H]3CC[C@H]4CNCCN4C3)c2)C1. The zero-order chi connectivity index (χ0) is 16.4. The summed E-state index contributed by atoms with van der Waals surface area (Å²) in [5, 5.41) is 12.9. The third kappa shape index (κ3) is 5.47. The Kier molecular flexibility index (Phi) is 8.45. The largest absolute Gasteiger partial charge is 0.493 e. The van der Waals surface area contributed by atoms with E-state index in [0.717, 1.165) is 51.1 Å². The van der Waals surface area contributed by atoms with E-state index in [1.807, 2.05) is 0 Å². The summed E-state index contributed by atoms with van der Waals surface area (Å²) in [4.78, 5) is 4.90. The predicted molar refractivity (Wildman–Crippen MR) is 109 cm³/mol. The number of nitrogens with zero attached hydrogens (tertiary/aromatic N) is 2. The number of benzene rings is 1. The lowest BCUT2D eigenvalue weighted by molar-refractivity contribution is -0.00290. The van der Waals surface area contributed by atoms with Crippen LogP contribution in [-0.2, 0) is 6.54 Å². The summed E-state index contributed by atoms with van der Waals surface area (Å²) in [7, 11) is 0. The maximum absolute atomic E-state index is 9.39. The molecule has 0 spiro atoms. The zero-order valence-electron chi connectivity index (χ0n) is 15.2. The van der Waals surface area contributed by atoms with Crippen molar-refractivity contribution in [2.24, 2.45) is 5.92 Å². The van der Waals surface area contributed by atoms with Crippen LogP contribution in [-0.4, -0.2) is 72.9 Å². The Morgan fingerprint density at radius 1 is 1.15 bits per heavy atom. The van der Waals surface area contributed by atoms with E-state index in [-0.39, 0.29) is 30.9 Å². The second-order valence-electron chi connectivity index (χ2n) is 7.60. The van der Waals surface area contributed by atoms with Crippen molar-refractivity contribution in [3.05, 3.63) is 29.8 Å². The molecule has 0 aliphatic carbocycles. The summed E-state index contributed by atoms with van der Waals surface area (Å²) in [5.74, 6) is 1.63. The molecule has 26 heavy (non-hydrogen) atoms. The maximum atomic E-state index is 9.39. The Balaban J connectivity index is 0.00000121. The van der Waals surface area contributed by atoms with Gasteiger partial charge >= 0.3 is 0 Å². The first kappa shape index (κ1) is 21.7. The number of fused-ring (bicyclic) bond motifs is 1. The molecule has 7 heteroatoms. The summed E-state index contributed by atoms with van der Waals surface area (Å²) in [6.07, 6.45) is 2.43. The molecule has 0 amide bonds. The number of aliphatic hydroxyl groups excluding tert-OH is 1. The lowest BCUT2D eigenvalue weighted by atomic mass is 9.92. The fourth-order valence-corrected chi connectivity index (χ4v) is 4.19. The smallest absolute Gasteiger partial charge is 0.119 e. The van der Waals surface area contributed by atoms with E-state index < -0.39 is 0 Å². The number of hydrogen-bond donors (Lipinski definition) is 2. The van der Waals surface area contributed by atoms with Gasteiger partial charge < -0.3 is 15.2 Å². The van der Waals surface area contributed by atoms with Crippen LogP contribution in [0, 0.1) is 5.92 Å². The van der Waals surface area contributed by atoms with E-state index >= 15 is 0 Å². The molecular weight excluding hydrogens is 373 g/mol. The summed E-state index contributed by atoms with van der Waals surface area (Å²) in [6.45, 7) is 7.94. The van der Waals surface area contributed by atoms with Crippen LogP contribution < -0.4 is 10.1 Å². The van der Waals surface area contributed by atoms with Gasteiger partial charge in [-0.05, 0) is 30.5 Å². The monoisotopic (exact) mass is 403 g/mol. The van der Waals surface area contributed by atoms with Crippen molar-refractivity contribution in [3.8, 4) is 5.75 Å². The highest BCUT2D eigenvalue weighted by atomic mass is 35.5. The number of likely N-dealkylation sites (tertiary alicyclic amines) is 1. The summed E-state index contributed by atoms with van der Waals surface area (Å²) in [5.41, 5.74) is 1.27. The number of piperazine rings is 1. The molecule has 2 N–H and O–H groups in total. The molecule has 3 heterocycles. The average molecular weight is 404 g/mol. The molecule has 1 aromatic rings. The highest BCUT2D eigenvalue weighted by Gasteiger charge is 2.30. The molecule has 3 aliphatic heterocycles. The van der Waals surface area contributed by atoms with Crippen molar-refractivity contribution in [1.82, 2.24) is 15.1 Å². The number of ether oxygens (including phenoxy) is 1. The first-order valence-corrected chi connectivity index (χ1v) is 9.33.